The van der Waals surface area contributed by atoms with Crippen LogP contribution in [0.4, 0.5) is 0 Å². The van der Waals surface area contributed by atoms with Gasteiger partial charge in [-0.25, -0.2) is 0 Å². The lowest BCUT2D eigenvalue weighted by Gasteiger charge is -2.65. The largest absolute Gasteiger partial charge is 0.462 e. The number of aliphatic hydroxyl groups excluding tert-OH is 1. The lowest BCUT2D eigenvalue weighted by atomic mass is 9.41. The molecule has 0 heterocycles. The second-order valence-corrected chi connectivity index (χ2v) is 20.4. The number of fused-ring (bicyclic) bond motifs is 6. The van der Waals surface area contributed by atoms with Crippen LogP contribution >= 0.6 is 0 Å². The van der Waals surface area contributed by atoms with Crippen molar-refractivity contribution < 1.29 is 19.4 Å². The number of allylic oxidation sites excluding steroid dienone is 1. The second-order valence-electron chi connectivity index (χ2n) is 20.4. The number of ether oxygens (including phenoxy) is 2. The zero-order valence-corrected chi connectivity index (χ0v) is 30.5. The molecule has 258 valence electrons. The number of hydrogen-bond donors (Lipinski definition) is 1. The number of carbonyl (C=O) groups is 1. The highest BCUT2D eigenvalue weighted by atomic mass is 16.5. The van der Waals surface area contributed by atoms with Crippen LogP contribution in [0.3, 0.4) is 0 Å². The fourth-order valence-corrected chi connectivity index (χ4v) is 16.3. The molecule has 0 radical (unpaired) electrons. The average molecular weight is 635 g/mol. The molecule has 46 heavy (non-hydrogen) atoms. The van der Waals surface area contributed by atoms with Crippen LogP contribution in [0.25, 0.3) is 0 Å². The van der Waals surface area contributed by atoms with Crippen LogP contribution in [0.2, 0.25) is 0 Å². The summed E-state index contributed by atoms with van der Waals surface area (Å²) in [6.45, 7) is 16.9. The Morgan fingerprint density at radius 1 is 0.804 bits per heavy atom. The summed E-state index contributed by atoms with van der Waals surface area (Å²) in [7, 11) is 0. The van der Waals surface area contributed by atoms with Gasteiger partial charge in [0.05, 0.1) is 12.7 Å². The summed E-state index contributed by atoms with van der Waals surface area (Å²) in [6.07, 6.45) is 23.7. The van der Waals surface area contributed by atoms with E-state index in [1.807, 2.05) is 0 Å². The fourth-order valence-electron chi connectivity index (χ4n) is 16.3. The monoisotopic (exact) mass is 634 g/mol. The zero-order chi connectivity index (χ0) is 32.5. The predicted molar refractivity (Wildman–Crippen MR) is 183 cm³/mol. The summed E-state index contributed by atoms with van der Waals surface area (Å²) in [5.74, 6) is 4.11. The van der Waals surface area contributed by atoms with E-state index in [1.165, 1.54) is 102 Å². The van der Waals surface area contributed by atoms with Crippen molar-refractivity contribution in [1.82, 2.24) is 0 Å². The number of carbonyl (C=O) groups excluding carboxylic acids is 1. The fraction of sp³-hybridized carbons (Fsp3) is 0.929. The van der Waals surface area contributed by atoms with Crippen molar-refractivity contribution >= 4 is 5.97 Å². The van der Waals surface area contributed by atoms with E-state index in [4.69, 9.17) is 9.47 Å². The highest BCUT2D eigenvalue weighted by Crippen LogP contribution is 2.73. The molecule has 0 saturated heterocycles. The summed E-state index contributed by atoms with van der Waals surface area (Å²) in [5, 5.41) is 11.0. The van der Waals surface area contributed by atoms with Gasteiger partial charge in [0.1, 0.15) is 12.2 Å². The molecule has 5 unspecified atom stereocenters. The van der Waals surface area contributed by atoms with Gasteiger partial charge in [0, 0.05) is 12.3 Å². The minimum atomic E-state index is -0.125. The molecule has 8 rings (SSSR count). The van der Waals surface area contributed by atoms with E-state index in [2.05, 4.69) is 47.6 Å². The standard InChI is InChI=1S/C42H66O4/c1-26(44)45-36-15-18-40(7)33(38(36,4)5)14-20-42-22-28(10-12-35(40)42)30(24-42)46-31(25-43)29-23-41-19-13-32-37(2,3)16-8-17-39(32,6)34(41)11-9-27(29)21-41/h23,27-28,30-36,43H,8-22,24-25H2,1-7H3/t27?,28?,30?,31-,32+,33+,34-,35-,36+,39+,40+,41?,42?/m0/s1. The van der Waals surface area contributed by atoms with Gasteiger partial charge in [-0.3, -0.25) is 4.79 Å². The van der Waals surface area contributed by atoms with Gasteiger partial charge in [-0.15, -0.1) is 0 Å². The van der Waals surface area contributed by atoms with E-state index >= 15 is 0 Å². The maximum absolute atomic E-state index is 12.0. The van der Waals surface area contributed by atoms with Gasteiger partial charge in [0.15, 0.2) is 0 Å². The van der Waals surface area contributed by atoms with Crippen molar-refractivity contribution in [3.05, 3.63) is 11.6 Å². The minimum absolute atomic E-state index is 0.0151. The van der Waals surface area contributed by atoms with Crippen LogP contribution in [0.1, 0.15) is 151 Å². The molecular formula is C42H66O4. The number of rotatable bonds is 5. The molecule has 0 aromatic heterocycles. The van der Waals surface area contributed by atoms with Gasteiger partial charge in [-0.2, -0.15) is 0 Å². The van der Waals surface area contributed by atoms with E-state index in [1.54, 1.807) is 6.92 Å². The van der Waals surface area contributed by atoms with Crippen LogP contribution in [0, 0.1) is 68.0 Å². The molecule has 7 saturated carbocycles. The molecule has 2 spiro atoms. The van der Waals surface area contributed by atoms with Gasteiger partial charge in [-0.1, -0.05) is 54.0 Å². The first-order valence-electron chi connectivity index (χ1n) is 19.8. The topological polar surface area (TPSA) is 55.8 Å². The number of esters is 1. The Morgan fingerprint density at radius 2 is 1.54 bits per heavy atom. The highest BCUT2D eigenvalue weighted by Gasteiger charge is 2.67. The third-order valence-electron chi connectivity index (χ3n) is 17.8. The second kappa shape index (κ2) is 10.6. The molecule has 8 aliphatic rings. The molecule has 1 N–H and O–H groups in total. The first-order valence-corrected chi connectivity index (χ1v) is 19.8. The molecule has 0 aromatic carbocycles. The third kappa shape index (κ3) is 4.45. The Hall–Kier alpha value is -0.870. The summed E-state index contributed by atoms with van der Waals surface area (Å²) in [6, 6.07) is 0. The molecule has 0 aromatic rings. The summed E-state index contributed by atoms with van der Waals surface area (Å²) in [5.41, 5.74) is 3.47. The van der Waals surface area contributed by atoms with Crippen molar-refractivity contribution in [2.45, 2.75) is 170 Å². The van der Waals surface area contributed by atoms with Crippen molar-refractivity contribution in [1.29, 1.82) is 0 Å². The van der Waals surface area contributed by atoms with E-state index in [0.717, 1.165) is 24.2 Å². The van der Waals surface area contributed by atoms with Crippen LogP contribution in [0.5, 0.6) is 0 Å². The van der Waals surface area contributed by atoms with Crippen molar-refractivity contribution in [3.8, 4) is 0 Å². The molecule has 8 aliphatic carbocycles. The van der Waals surface area contributed by atoms with E-state index in [-0.39, 0.29) is 36.3 Å². The minimum Gasteiger partial charge on any atom is -0.462 e. The smallest absolute Gasteiger partial charge is 0.302 e. The van der Waals surface area contributed by atoms with Gasteiger partial charge in [-0.05, 0) is 164 Å². The SMILES string of the molecule is CC(=O)O[C@@H]1CC[C@@]2(C)[C@@H]3CCC4CC3(CC[C@@H]2C1(C)C)CC4O[C@@H](CO)C1=CC23CC[C@@H]4C(C)(C)CCC[C@@]4(C)[C@@H]2CCC1C3. The van der Waals surface area contributed by atoms with Gasteiger partial charge in [0.2, 0.25) is 0 Å². The van der Waals surface area contributed by atoms with Crippen molar-refractivity contribution in [2.75, 3.05) is 6.61 Å². The Bertz CT molecular complexity index is 1270. The number of hydrogen-bond acceptors (Lipinski definition) is 4. The molecule has 13 atom stereocenters. The van der Waals surface area contributed by atoms with Gasteiger partial charge >= 0.3 is 5.97 Å². The molecule has 4 bridgehead atoms. The van der Waals surface area contributed by atoms with Gasteiger partial charge in [0.25, 0.3) is 0 Å². The zero-order valence-electron chi connectivity index (χ0n) is 30.5. The van der Waals surface area contributed by atoms with Crippen molar-refractivity contribution in [2.24, 2.45) is 68.0 Å². The van der Waals surface area contributed by atoms with E-state index in [0.29, 0.717) is 44.8 Å². The Labute approximate surface area is 280 Å². The summed E-state index contributed by atoms with van der Waals surface area (Å²) in [4.78, 5) is 12.0. The Balaban J connectivity index is 1.01. The lowest BCUT2D eigenvalue weighted by molar-refractivity contribution is -0.197. The maximum atomic E-state index is 12.0. The predicted octanol–water partition coefficient (Wildman–Crippen LogP) is 9.68. The molecule has 4 heteroatoms. The van der Waals surface area contributed by atoms with Crippen LogP contribution in [0.15, 0.2) is 11.6 Å². The molecule has 4 nitrogen and oxygen atoms in total. The lowest BCUT2D eigenvalue weighted by Crippen LogP contribution is -2.59. The van der Waals surface area contributed by atoms with Crippen LogP contribution in [-0.4, -0.2) is 36.0 Å². The van der Waals surface area contributed by atoms with Crippen molar-refractivity contribution in [3.63, 3.8) is 0 Å². The van der Waals surface area contributed by atoms with E-state index < -0.39 is 0 Å². The highest BCUT2D eigenvalue weighted by molar-refractivity contribution is 5.66. The Kier molecular flexibility index (Phi) is 7.43. The first kappa shape index (κ1) is 32.3. The molecule has 0 aliphatic heterocycles. The molecular weight excluding hydrogens is 568 g/mol. The molecule has 7 fully saturated rings. The molecule has 0 amide bonds. The Morgan fingerprint density at radius 3 is 2.30 bits per heavy atom. The van der Waals surface area contributed by atoms with E-state index in [9.17, 15) is 9.90 Å². The summed E-state index contributed by atoms with van der Waals surface area (Å²) >= 11 is 0. The average Bonchev–Trinajstić information content (AvgIpc) is 3.39. The maximum Gasteiger partial charge on any atom is 0.302 e. The van der Waals surface area contributed by atoms with Crippen LogP contribution < -0.4 is 0 Å². The quantitative estimate of drug-likeness (QED) is 0.242. The first-order chi connectivity index (χ1) is 21.7. The third-order valence-corrected chi connectivity index (χ3v) is 17.8. The normalized spacial score (nSPS) is 52.0. The van der Waals surface area contributed by atoms with Gasteiger partial charge < -0.3 is 14.6 Å². The van der Waals surface area contributed by atoms with Crippen LogP contribution in [-0.2, 0) is 14.3 Å². The summed E-state index contributed by atoms with van der Waals surface area (Å²) < 4.78 is 13.2. The number of aliphatic hydroxyl groups is 1.